The maximum atomic E-state index is 12.8. The monoisotopic (exact) mass is 589 g/mol. The van der Waals surface area contributed by atoms with Crippen molar-refractivity contribution in [3.8, 4) is 0 Å². The van der Waals surface area contributed by atoms with Crippen LogP contribution in [0.3, 0.4) is 0 Å². The summed E-state index contributed by atoms with van der Waals surface area (Å²) in [5.74, 6) is -3.14. The molecule has 0 saturated carbocycles. The maximum Gasteiger partial charge on any atom is 1.00 e. The summed E-state index contributed by atoms with van der Waals surface area (Å²) >= 11 is 8.01. The number of carboxylic acid groups (broad SMARTS) is 1. The number of thioether (sulfide) groups is 1. The minimum absolute atomic E-state index is 0. The fourth-order valence-corrected chi connectivity index (χ4v) is 5.69. The number of thiazole rings is 1. The molecule has 4 heterocycles. The Kier molecular flexibility index (Phi) is 9.27. The van der Waals surface area contributed by atoms with Crippen molar-refractivity contribution in [2.24, 2.45) is 10.1 Å². The van der Waals surface area contributed by atoms with Crippen LogP contribution in [0.2, 0.25) is 4.34 Å². The summed E-state index contributed by atoms with van der Waals surface area (Å²) in [7, 11) is 3.12. The van der Waals surface area contributed by atoms with Crippen LogP contribution in [0.4, 0.5) is 5.13 Å². The fourth-order valence-electron chi connectivity index (χ4n) is 3.46. The molecule has 2 aliphatic rings. The maximum absolute atomic E-state index is 12.8. The summed E-state index contributed by atoms with van der Waals surface area (Å²) in [6.07, 6.45) is 2.88. The van der Waals surface area contributed by atoms with Crippen LogP contribution in [-0.2, 0) is 9.59 Å². The summed E-state index contributed by atoms with van der Waals surface area (Å²) in [6, 6.07) is 0.189. The molecule has 2 atom stereocenters. The molecule has 0 radical (unpaired) electrons. The zero-order valence-electron chi connectivity index (χ0n) is 20.0. The van der Waals surface area contributed by atoms with Gasteiger partial charge in [0.2, 0.25) is 0 Å². The van der Waals surface area contributed by atoms with E-state index in [0.29, 0.717) is 5.57 Å². The van der Waals surface area contributed by atoms with Gasteiger partial charge in [-0.3, -0.25) is 19.5 Å². The number of allylic oxidation sites excluding steroid dienone is 1. The van der Waals surface area contributed by atoms with E-state index in [-0.39, 0.29) is 73.5 Å². The molecule has 38 heavy (non-hydrogen) atoms. The van der Waals surface area contributed by atoms with E-state index in [1.54, 1.807) is 14.1 Å². The first-order chi connectivity index (χ1) is 17.5. The van der Waals surface area contributed by atoms with Gasteiger partial charge in [-0.15, -0.1) is 11.8 Å². The summed E-state index contributed by atoms with van der Waals surface area (Å²) in [5, 5.41) is 37.6. The topological polar surface area (TPSA) is 211 Å². The van der Waals surface area contributed by atoms with E-state index in [9.17, 15) is 29.8 Å². The van der Waals surface area contributed by atoms with E-state index in [2.05, 4.69) is 20.3 Å². The molecule has 18 heteroatoms. The Hall–Kier alpha value is -2.89. The molecular weight excluding hydrogens is 573 g/mol. The molecule has 0 bridgehead atoms. The molecule has 2 aliphatic heterocycles. The Balaban J connectivity index is 0.00000400. The van der Waals surface area contributed by atoms with E-state index >= 15 is 0 Å². The van der Waals surface area contributed by atoms with Crippen molar-refractivity contribution in [2.75, 3.05) is 25.6 Å². The van der Waals surface area contributed by atoms with Crippen molar-refractivity contribution in [2.45, 2.75) is 11.4 Å². The van der Waals surface area contributed by atoms with Crippen LogP contribution < -0.4 is 40.4 Å². The number of aromatic nitrogens is 2. The van der Waals surface area contributed by atoms with Gasteiger partial charge in [0.05, 0.1) is 0 Å². The van der Waals surface area contributed by atoms with Crippen LogP contribution in [0.1, 0.15) is 21.9 Å². The standard InChI is InChI=1S/C20H18ClN7O7S2.Na/c1-27(2)16(30)9-5-8(35-26-9)4-3-7-6-36-18-12(17(31)28(18)13(7)19(32)33)23-15(29)11(25-34)10-14(21)37-20(22)24-10;/h3-5,12,18,34H,6H2,1-2H3,(H2,22,24)(H,23,29)(H,32,33);/q;+1/p-1/b4-3+,25-11-;/t12-,18-;/m1./s1. The van der Waals surface area contributed by atoms with Crippen LogP contribution in [-0.4, -0.2) is 90.9 Å². The van der Waals surface area contributed by atoms with Crippen molar-refractivity contribution in [1.82, 2.24) is 19.9 Å². The SMILES string of the molecule is CN(C)C(=O)c1cc(/C=C/C2=C(C(=O)O)N3C(=O)[C@@H](N=C([O-])/C(=N\O)c4nc(N)sc4Cl)[C@H]3SC2)on1.[Na+]. The number of fused-ring (bicyclic) bond motifs is 1. The number of hydrogen-bond donors (Lipinski definition) is 3. The van der Waals surface area contributed by atoms with Gasteiger partial charge in [0.15, 0.2) is 22.6 Å². The average Bonchev–Trinajstić information content (AvgIpc) is 3.46. The summed E-state index contributed by atoms with van der Waals surface area (Å²) in [6.45, 7) is 0. The zero-order chi connectivity index (χ0) is 27.0. The molecule has 0 aromatic carbocycles. The number of anilines is 1. The van der Waals surface area contributed by atoms with Gasteiger partial charge >= 0.3 is 35.5 Å². The Bertz CT molecular complexity index is 1420. The third-order valence-electron chi connectivity index (χ3n) is 5.16. The molecule has 1 fully saturated rings. The first-order valence-electron chi connectivity index (χ1n) is 10.2. The van der Waals surface area contributed by atoms with Crippen molar-refractivity contribution >= 4 is 75.3 Å². The minimum Gasteiger partial charge on any atom is -0.857 e. The molecule has 0 aliphatic carbocycles. The summed E-state index contributed by atoms with van der Waals surface area (Å²) < 4.78 is 5.10. The number of carbonyl (C=O) groups is 3. The number of β-lactam (4-membered cyclic amide) rings is 1. The number of rotatable bonds is 7. The quantitative estimate of drug-likeness (QED) is 0.0757. The van der Waals surface area contributed by atoms with Crippen molar-refractivity contribution < 1.29 is 63.9 Å². The molecule has 2 amide bonds. The second kappa shape index (κ2) is 11.9. The number of amides is 2. The van der Waals surface area contributed by atoms with Crippen molar-refractivity contribution in [3.05, 3.63) is 44.9 Å². The van der Waals surface area contributed by atoms with Gasteiger partial charge in [0.25, 0.3) is 11.8 Å². The van der Waals surface area contributed by atoms with Crippen LogP contribution in [0.15, 0.2) is 38.1 Å². The molecule has 0 unspecified atom stereocenters. The number of nitrogens with zero attached hydrogens (tertiary/aromatic N) is 6. The van der Waals surface area contributed by atoms with Gasteiger partial charge in [0, 0.05) is 31.8 Å². The average molecular weight is 590 g/mol. The summed E-state index contributed by atoms with van der Waals surface area (Å²) in [4.78, 5) is 46.8. The predicted molar refractivity (Wildman–Crippen MR) is 132 cm³/mol. The van der Waals surface area contributed by atoms with Crippen LogP contribution in [0, 0.1) is 0 Å². The van der Waals surface area contributed by atoms with Crippen LogP contribution in [0.5, 0.6) is 0 Å². The van der Waals surface area contributed by atoms with Crippen molar-refractivity contribution in [3.63, 3.8) is 0 Å². The second-order valence-electron chi connectivity index (χ2n) is 7.74. The number of nitrogen functional groups attached to an aromatic ring is 1. The van der Waals surface area contributed by atoms with Crippen LogP contribution >= 0.6 is 34.7 Å². The minimum atomic E-state index is -1.36. The van der Waals surface area contributed by atoms with Gasteiger partial charge in [-0.1, -0.05) is 39.3 Å². The van der Waals surface area contributed by atoms with Gasteiger partial charge < -0.3 is 30.6 Å². The van der Waals surface area contributed by atoms with Crippen LogP contribution in [0.25, 0.3) is 6.08 Å². The van der Waals surface area contributed by atoms with E-state index in [0.717, 1.165) is 16.2 Å². The van der Waals surface area contributed by atoms with Crippen molar-refractivity contribution in [1.29, 1.82) is 0 Å². The van der Waals surface area contributed by atoms with Gasteiger partial charge in [-0.05, 0) is 11.6 Å². The molecule has 2 aromatic heterocycles. The molecule has 4 N–H and O–H groups in total. The first kappa shape index (κ1) is 29.7. The molecular formula is C20H17ClN7NaO7S2. The van der Waals surface area contributed by atoms with Gasteiger partial charge in [0.1, 0.15) is 26.8 Å². The normalized spacial score (nSPS) is 19.8. The fraction of sp³-hybridized carbons (Fsp3) is 0.250. The molecule has 2 aromatic rings. The largest absolute Gasteiger partial charge is 1.00 e. The number of aliphatic carboxylic acids is 1. The van der Waals surface area contributed by atoms with E-state index in [1.165, 1.54) is 34.9 Å². The third kappa shape index (κ3) is 5.60. The smallest absolute Gasteiger partial charge is 0.857 e. The second-order valence-corrected chi connectivity index (χ2v) is 10.5. The number of oxime groups is 1. The molecule has 0 spiro atoms. The zero-order valence-corrected chi connectivity index (χ0v) is 24.4. The first-order valence-corrected chi connectivity index (χ1v) is 12.4. The number of carbonyl (C=O) groups excluding carboxylic acids is 2. The summed E-state index contributed by atoms with van der Waals surface area (Å²) in [5.41, 5.74) is 4.88. The van der Waals surface area contributed by atoms with E-state index in [4.69, 9.17) is 21.9 Å². The number of halogens is 1. The van der Waals surface area contributed by atoms with Gasteiger partial charge in [-0.25, -0.2) is 9.78 Å². The van der Waals surface area contributed by atoms with Gasteiger partial charge in [-0.2, -0.15) is 0 Å². The molecule has 1 saturated heterocycles. The third-order valence-corrected chi connectivity index (χ3v) is 7.53. The van der Waals surface area contributed by atoms with E-state index in [1.807, 2.05) is 0 Å². The van der Waals surface area contributed by atoms with E-state index < -0.39 is 34.9 Å². The Labute approximate surface area is 249 Å². The Morgan fingerprint density at radius 3 is 2.68 bits per heavy atom. The number of hydrogen-bond acceptors (Lipinski definition) is 13. The number of carboxylic acids is 1. The molecule has 194 valence electrons. The number of nitrogens with two attached hydrogens (primary N) is 1. The predicted octanol–water partition coefficient (Wildman–Crippen LogP) is -2.65. The molecule has 4 rings (SSSR count). The Morgan fingerprint density at radius 2 is 2.11 bits per heavy atom. The Morgan fingerprint density at radius 1 is 1.39 bits per heavy atom. The molecule has 14 nitrogen and oxygen atoms in total. The number of aliphatic imine (C=N–C) groups is 1.